The molecule has 1 heterocycles. The molecule has 2 aromatic rings. The number of benzene rings is 2. The molecule has 2 aromatic carbocycles. The van der Waals surface area contributed by atoms with Gasteiger partial charge in [-0.2, -0.15) is 0 Å². The molecule has 0 spiro atoms. The number of hydrogen-bond acceptors (Lipinski definition) is 7. The molecule has 9 nitrogen and oxygen atoms in total. The molecule has 0 unspecified atom stereocenters. The molecule has 0 saturated carbocycles. The fraction of sp³-hybridized carbons (Fsp3) is 0.261. The van der Waals surface area contributed by atoms with Crippen LogP contribution in [0.15, 0.2) is 48.2 Å². The standard InChI is InChI=1S/C23H25N3O6/c1-14(27)24-16-7-5-15(6-8-16)20-21(23(29)26(22(20)28)11-12-30-2)25-17-9-10-18(31-3)19(13-17)32-4/h5-10,13,25H,11-12H2,1-4H3,(H,24,27). The number of carbonyl (C=O) groups excluding carboxylic acids is 3. The maximum absolute atomic E-state index is 13.1. The summed E-state index contributed by atoms with van der Waals surface area (Å²) in [6.07, 6.45) is 0. The highest BCUT2D eigenvalue weighted by Gasteiger charge is 2.39. The first-order valence-corrected chi connectivity index (χ1v) is 9.86. The van der Waals surface area contributed by atoms with Crippen LogP contribution in [0.3, 0.4) is 0 Å². The van der Waals surface area contributed by atoms with Gasteiger partial charge in [0.1, 0.15) is 5.70 Å². The van der Waals surface area contributed by atoms with Gasteiger partial charge in [0.05, 0.1) is 32.9 Å². The summed E-state index contributed by atoms with van der Waals surface area (Å²) in [4.78, 5) is 38.7. The second kappa shape index (κ2) is 9.97. The van der Waals surface area contributed by atoms with Crippen molar-refractivity contribution >= 4 is 34.7 Å². The summed E-state index contributed by atoms with van der Waals surface area (Å²) in [5.41, 5.74) is 2.06. The monoisotopic (exact) mass is 439 g/mol. The number of amides is 3. The summed E-state index contributed by atoms with van der Waals surface area (Å²) >= 11 is 0. The van der Waals surface area contributed by atoms with Crippen molar-refractivity contribution in [1.29, 1.82) is 0 Å². The molecule has 0 aliphatic carbocycles. The van der Waals surface area contributed by atoms with Crippen LogP contribution in [0.25, 0.3) is 5.57 Å². The number of imide groups is 1. The Morgan fingerprint density at radius 2 is 1.56 bits per heavy atom. The Labute approximate surface area is 185 Å². The zero-order chi connectivity index (χ0) is 23.3. The maximum atomic E-state index is 13.1. The Bertz CT molecular complexity index is 1060. The average Bonchev–Trinajstić information content (AvgIpc) is 3.01. The second-order valence-corrected chi connectivity index (χ2v) is 6.96. The molecule has 0 aromatic heterocycles. The lowest BCUT2D eigenvalue weighted by Gasteiger charge is -2.15. The van der Waals surface area contributed by atoms with Crippen molar-refractivity contribution in [2.75, 3.05) is 45.1 Å². The van der Waals surface area contributed by atoms with Crippen molar-refractivity contribution in [1.82, 2.24) is 4.90 Å². The Kier molecular flexibility index (Phi) is 7.11. The van der Waals surface area contributed by atoms with Gasteiger partial charge in [0.2, 0.25) is 5.91 Å². The number of nitrogens with one attached hydrogen (secondary N) is 2. The molecule has 1 aliphatic heterocycles. The quantitative estimate of drug-likeness (QED) is 0.578. The van der Waals surface area contributed by atoms with Gasteiger partial charge in [0.25, 0.3) is 11.8 Å². The SMILES string of the molecule is COCCN1C(=O)C(Nc2ccc(OC)c(OC)c2)=C(c2ccc(NC(C)=O)cc2)C1=O. The molecule has 0 atom stereocenters. The molecule has 0 radical (unpaired) electrons. The van der Waals surface area contributed by atoms with E-state index in [1.807, 2.05) is 0 Å². The Morgan fingerprint density at radius 3 is 2.16 bits per heavy atom. The van der Waals surface area contributed by atoms with Crippen molar-refractivity contribution in [2.45, 2.75) is 6.92 Å². The minimum absolute atomic E-state index is 0.124. The summed E-state index contributed by atoms with van der Waals surface area (Å²) in [7, 11) is 4.55. The van der Waals surface area contributed by atoms with E-state index < -0.39 is 11.8 Å². The molecule has 0 bridgehead atoms. The van der Waals surface area contributed by atoms with Gasteiger partial charge in [-0.3, -0.25) is 19.3 Å². The lowest BCUT2D eigenvalue weighted by molar-refractivity contribution is -0.137. The first kappa shape index (κ1) is 22.8. The lowest BCUT2D eigenvalue weighted by atomic mass is 10.0. The topological polar surface area (TPSA) is 106 Å². The van der Waals surface area contributed by atoms with E-state index in [-0.39, 0.29) is 30.3 Å². The molecular weight excluding hydrogens is 414 g/mol. The van der Waals surface area contributed by atoms with Crippen LogP contribution in [-0.2, 0) is 19.1 Å². The van der Waals surface area contributed by atoms with Crippen molar-refractivity contribution in [3.8, 4) is 11.5 Å². The number of nitrogens with zero attached hydrogens (tertiary/aromatic N) is 1. The fourth-order valence-electron chi connectivity index (χ4n) is 3.33. The Morgan fingerprint density at radius 1 is 0.906 bits per heavy atom. The van der Waals surface area contributed by atoms with E-state index in [2.05, 4.69) is 10.6 Å². The number of methoxy groups -OCH3 is 3. The van der Waals surface area contributed by atoms with Crippen LogP contribution in [0, 0.1) is 0 Å². The summed E-state index contributed by atoms with van der Waals surface area (Å²) < 4.78 is 15.6. The van der Waals surface area contributed by atoms with Crippen molar-refractivity contribution < 1.29 is 28.6 Å². The largest absolute Gasteiger partial charge is 0.493 e. The van der Waals surface area contributed by atoms with E-state index in [1.165, 1.54) is 28.3 Å². The first-order chi connectivity index (χ1) is 15.4. The molecule has 9 heteroatoms. The van der Waals surface area contributed by atoms with Crippen LogP contribution in [-0.4, -0.2) is 57.1 Å². The van der Waals surface area contributed by atoms with Crippen LogP contribution in [0.2, 0.25) is 0 Å². The minimum Gasteiger partial charge on any atom is -0.493 e. The van der Waals surface area contributed by atoms with Crippen molar-refractivity contribution in [3.63, 3.8) is 0 Å². The van der Waals surface area contributed by atoms with Crippen molar-refractivity contribution in [3.05, 3.63) is 53.7 Å². The lowest BCUT2D eigenvalue weighted by Crippen LogP contribution is -2.35. The summed E-state index contributed by atoms with van der Waals surface area (Å²) in [6, 6.07) is 11.8. The van der Waals surface area contributed by atoms with Crippen LogP contribution in [0.1, 0.15) is 12.5 Å². The molecular formula is C23H25N3O6. The first-order valence-electron chi connectivity index (χ1n) is 9.86. The molecule has 32 heavy (non-hydrogen) atoms. The molecule has 0 saturated heterocycles. The highest BCUT2D eigenvalue weighted by Crippen LogP contribution is 2.34. The van der Waals surface area contributed by atoms with E-state index in [9.17, 15) is 14.4 Å². The zero-order valence-corrected chi connectivity index (χ0v) is 18.4. The molecule has 2 N–H and O–H groups in total. The highest BCUT2D eigenvalue weighted by molar-refractivity contribution is 6.36. The van der Waals surface area contributed by atoms with Gasteiger partial charge in [-0.1, -0.05) is 12.1 Å². The van der Waals surface area contributed by atoms with Gasteiger partial charge < -0.3 is 24.8 Å². The number of anilines is 2. The molecule has 168 valence electrons. The van der Waals surface area contributed by atoms with Crippen LogP contribution >= 0.6 is 0 Å². The predicted molar refractivity (Wildman–Crippen MR) is 119 cm³/mol. The molecule has 1 aliphatic rings. The predicted octanol–water partition coefficient (Wildman–Crippen LogP) is 2.50. The number of hydrogen-bond donors (Lipinski definition) is 2. The van der Waals surface area contributed by atoms with Gasteiger partial charge in [-0.15, -0.1) is 0 Å². The van der Waals surface area contributed by atoms with E-state index in [0.29, 0.717) is 28.4 Å². The fourth-order valence-corrected chi connectivity index (χ4v) is 3.33. The Hall–Kier alpha value is -3.85. The number of carbonyl (C=O) groups is 3. The van der Waals surface area contributed by atoms with Gasteiger partial charge >= 0.3 is 0 Å². The highest BCUT2D eigenvalue weighted by atomic mass is 16.5. The van der Waals surface area contributed by atoms with E-state index >= 15 is 0 Å². The van der Waals surface area contributed by atoms with E-state index in [1.54, 1.807) is 42.5 Å². The third-order valence-electron chi connectivity index (χ3n) is 4.83. The summed E-state index contributed by atoms with van der Waals surface area (Å²) in [6.45, 7) is 1.75. The molecule has 3 amide bonds. The Balaban J connectivity index is 2.01. The van der Waals surface area contributed by atoms with Gasteiger partial charge in [-0.25, -0.2) is 0 Å². The molecule has 3 rings (SSSR count). The van der Waals surface area contributed by atoms with Gasteiger partial charge in [0, 0.05) is 31.5 Å². The number of ether oxygens (including phenoxy) is 3. The summed E-state index contributed by atoms with van der Waals surface area (Å²) in [5, 5.41) is 5.75. The zero-order valence-electron chi connectivity index (χ0n) is 18.4. The number of rotatable bonds is 9. The van der Waals surface area contributed by atoms with Crippen LogP contribution in [0.4, 0.5) is 11.4 Å². The van der Waals surface area contributed by atoms with Gasteiger partial charge in [0.15, 0.2) is 11.5 Å². The van der Waals surface area contributed by atoms with Crippen molar-refractivity contribution in [2.24, 2.45) is 0 Å². The maximum Gasteiger partial charge on any atom is 0.278 e. The van der Waals surface area contributed by atoms with E-state index in [4.69, 9.17) is 14.2 Å². The van der Waals surface area contributed by atoms with Crippen LogP contribution in [0.5, 0.6) is 11.5 Å². The van der Waals surface area contributed by atoms with Crippen LogP contribution < -0.4 is 20.1 Å². The average molecular weight is 439 g/mol. The third kappa shape index (κ3) is 4.73. The summed E-state index contributed by atoms with van der Waals surface area (Å²) in [5.74, 6) is -0.0700. The third-order valence-corrected chi connectivity index (χ3v) is 4.83. The minimum atomic E-state index is -0.456. The van der Waals surface area contributed by atoms with E-state index in [0.717, 1.165) is 4.90 Å². The second-order valence-electron chi connectivity index (χ2n) is 6.96. The van der Waals surface area contributed by atoms with Gasteiger partial charge in [-0.05, 0) is 29.8 Å². The normalized spacial score (nSPS) is 13.4. The smallest absolute Gasteiger partial charge is 0.278 e. The molecule has 0 fully saturated rings.